The van der Waals surface area contributed by atoms with E-state index in [4.69, 9.17) is 9.84 Å². The number of carboxylic acid groups (broad SMARTS) is 1. The first-order chi connectivity index (χ1) is 15.4. The van der Waals surface area contributed by atoms with Crippen LogP contribution < -0.4 is 10.2 Å². The maximum Gasteiger partial charge on any atom is 0.415 e. The Balaban J connectivity index is 1.36. The Labute approximate surface area is 186 Å². The summed E-state index contributed by atoms with van der Waals surface area (Å²) >= 11 is 0. The summed E-state index contributed by atoms with van der Waals surface area (Å²) in [7, 11) is 0. The van der Waals surface area contributed by atoms with Gasteiger partial charge in [-0.2, -0.15) is 4.98 Å². The van der Waals surface area contributed by atoms with Crippen LogP contribution in [0.4, 0.5) is 21.4 Å². The fourth-order valence-corrected chi connectivity index (χ4v) is 3.93. The quantitative estimate of drug-likeness (QED) is 0.705. The van der Waals surface area contributed by atoms with Crippen molar-refractivity contribution >= 4 is 24.0 Å². The fourth-order valence-electron chi connectivity index (χ4n) is 3.93. The summed E-state index contributed by atoms with van der Waals surface area (Å²) in [6.07, 6.45) is 0.457. The number of anilines is 2. The van der Waals surface area contributed by atoms with Crippen molar-refractivity contribution < 1.29 is 19.4 Å². The zero-order valence-corrected chi connectivity index (χ0v) is 18.3. The highest BCUT2D eigenvalue weighted by Crippen LogP contribution is 2.26. The minimum absolute atomic E-state index is 0.0215. The molecule has 0 unspecified atom stereocenters. The number of carbonyl (C=O) groups excluding carboxylic acids is 1. The van der Waals surface area contributed by atoms with Crippen molar-refractivity contribution in [3.8, 4) is 0 Å². The Morgan fingerprint density at radius 1 is 1.22 bits per heavy atom. The number of aromatic nitrogens is 2. The molecule has 1 aromatic heterocycles. The molecule has 0 spiro atoms. The number of rotatable bonds is 6. The minimum Gasteiger partial charge on any atom is -0.465 e. The van der Waals surface area contributed by atoms with Crippen molar-refractivity contribution in [2.45, 2.75) is 33.0 Å². The predicted octanol–water partition coefficient (Wildman–Crippen LogP) is 2.92. The van der Waals surface area contributed by atoms with Crippen molar-refractivity contribution in [3.63, 3.8) is 0 Å². The molecular weight excluding hydrogens is 412 g/mol. The van der Waals surface area contributed by atoms with Gasteiger partial charge in [0.05, 0.1) is 11.6 Å². The maximum atomic E-state index is 12.0. The third-order valence-corrected chi connectivity index (χ3v) is 5.86. The number of hydrogen-bond donors (Lipinski definition) is 2. The van der Waals surface area contributed by atoms with Crippen molar-refractivity contribution in [2.75, 3.05) is 42.9 Å². The molecule has 2 N–H and O–H groups in total. The largest absolute Gasteiger partial charge is 0.465 e. The molecule has 1 fully saturated rings. The van der Waals surface area contributed by atoms with Crippen LogP contribution in [0.2, 0.25) is 0 Å². The van der Waals surface area contributed by atoms with Gasteiger partial charge in [0.1, 0.15) is 12.4 Å². The summed E-state index contributed by atoms with van der Waals surface area (Å²) in [6, 6.07) is 8.33. The van der Waals surface area contributed by atoms with E-state index in [0.29, 0.717) is 31.4 Å². The zero-order chi connectivity index (χ0) is 22.7. The Morgan fingerprint density at radius 3 is 2.59 bits per heavy atom. The van der Waals surface area contributed by atoms with Crippen LogP contribution >= 0.6 is 0 Å². The number of fused-ring (bicyclic) bond motifs is 1. The molecule has 10 nitrogen and oxygen atoms in total. The number of cyclic esters (lactones) is 1. The third-order valence-electron chi connectivity index (χ3n) is 5.86. The van der Waals surface area contributed by atoms with Crippen molar-refractivity contribution in [1.29, 1.82) is 0 Å². The van der Waals surface area contributed by atoms with Crippen molar-refractivity contribution in [3.05, 3.63) is 47.2 Å². The van der Waals surface area contributed by atoms with Crippen LogP contribution in [0.5, 0.6) is 0 Å². The van der Waals surface area contributed by atoms with Gasteiger partial charge < -0.3 is 20.1 Å². The van der Waals surface area contributed by atoms with Gasteiger partial charge in [0.2, 0.25) is 5.95 Å². The molecule has 2 aliphatic rings. The van der Waals surface area contributed by atoms with E-state index in [2.05, 4.69) is 44.5 Å². The number of benzene rings is 1. The number of amides is 2. The molecule has 32 heavy (non-hydrogen) atoms. The average molecular weight is 441 g/mol. The Bertz CT molecular complexity index is 975. The van der Waals surface area contributed by atoms with Gasteiger partial charge in [-0.3, -0.25) is 9.80 Å². The topological polar surface area (TPSA) is 111 Å². The molecule has 4 rings (SSSR count). The number of carbonyl (C=O) groups is 2. The summed E-state index contributed by atoms with van der Waals surface area (Å²) in [5, 5.41) is 12.4. The molecular formula is C22H28N6O4. The number of hydrogen-bond acceptors (Lipinski definition) is 7. The van der Waals surface area contributed by atoms with E-state index in [9.17, 15) is 9.59 Å². The van der Waals surface area contributed by atoms with Crippen LogP contribution in [0.15, 0.2) is 30.5 Å². The minimum atomic E-state index is -0.847. The van der Waals surface area contributed by atoms with Gasteiger partial charge in [0.25, 0.3) is 0 Å². The normalized spacial score (nSPS) is 17.5. The molecule has 2 amide bonds. The summed E-state index contributed by atoms with van der Waals surface area (Å²) in [6.45, 7) is 7.94. The van der Waals surface area contributed by atoms with E-state index in [1.165, 1.54) is 15.4 Å². The maximum absolute atomic E-state index is 12.0. The predicted molar refractivity (Wildman–Crippen MR) is 119 cm³/mol. The van der Waals surface area contributed by atoms with Gasteiger partial charge in [-0.15, -0.1) is 0 Å². The molecule has 1 atom stereocenters. The second kappa shape index (κ2) is 9.39. The summed E-state index contributed by atoms with van der Waals surface area (Å²) < 4.78 is 5.13. The molecule has 2 aliphatic heterocycles. The highest BCUT2D eigenvalue weighted by atomic mass is 16.6. The van der Waals surface area contributed by atoms with E-state index in [-0.39, 0.29) is 12.6 Å². The van der Waals surface area contributed by atoms with E-state index in [1.807, 2.05) is 13.8 Å². The lowest BCUT2D eigenvalue weighted by molar-refractivity contribution is 0.103. The molecule has 2 aromatic rings. The lowest BCUT2D eigenvalue weighted by Gasteiger charge is -2.33. The number of piperazine rings is 1. The lowest BCUT2D eigenvalue weighted by Crippen LogP contribution is -2.47. The van der Waals surface area contributed by atoms with Gasteiger partial charge >= 0.3 is 12.2 Å². The van der Waals surface area contributed by atoms with E-state index in [1.54, 1.807) is 6.20 Å². The first-order valence-electron chi connectivity index (χ1n) is 10.8. The average Bonchev–Trinajstić information content (AvgIpc) is 2.80. The molecule has 1 saturated heterocycles. The van der Waals surface area contributed by atoms with E-state index >= 15 is 0 Å². The van der Waals surface area contributed by atoms with Gasteiger partial charge in [-0.1, -0.05) is 24.3 Å². The molecule has 0 radical (unpaired) electrons. The number of ether oxygens (including phenoxy) is 1. The second-order valence-electron chi connectivity index (χ2n) is 7.99. The summed E-state index contributed by atoms with van der Waals surface area (Å²) in [5.41, 5.74) is 3.07. The molecule has 170 valence electrons. The Kier molecular flexibility index (Phi) is 6.40. The monoisotopic (exact) mass is 440 g/mol. The van der Waals surface area contributed by atoms with Crippen LogP contribution in [0.3, 0.4) is 0 Å². The highest BCUT2D eigenvalue weighted by molar-refractivity contribution is 5.89. The first kappa shape index (κ1) is 21.8. The van der Waals surface area contributed by atoms with Crippen LogP contribution in [0, 0.1) is 0 Å². The van der Waals surface area contributed by atoms with Gasteiger partial charge in [-0.05, 0) is 25.0 Å². The SMILES string of the molecule is CCN1C(=O)OCc2cnc(N[C@@H](C)c3ccc(CN4CCN(C(=O)O)CC4)cc3)nc21. The lowest BCUT2D eigenvalue weighted by atomic mass is 10.1. The Morgan fingerprint density at radius 2 is 1.94 bits per heavy atom. The molecule has 1 aromatic carbocycles. The second-order valence-corrected chi connectivity index (χ2v) is 7.99. The van der Waals surface area contributed by atoms with Gasteiger partial charge in [-0.25, -0.2) is 14.6 Å². The van der Waals surface area contributed by atoms with E-state index in [0.717, 1.165) is 30.8 Å². The highest BCUT2D eigenvalue weighted by Gasteiger charge is 2.27. The summed E-state index contributed by atoms with van der Waals surface area (Å²) in [4.78, 5) is 37.1. The van der Waals surface area contributed by atoms with E-state index < -0.39 is 12.2 Å². The molecule has 0 bridgehead atoms. The van der Waals surface area contributed by atoms with Crippen molar-refractivity contribution in [2.24, 2.45) is 0 Å². The summed E-state index contributed by atoms with van der Waals surface area (Å²) in [5.74, 6) is 1.05. The number of nitrogens with zero attached hydrogens (tertiary/aromatic N) is 5. The first-order valence-corrected chi connectivity index (χ1v) is 10.8. The van der Waals surface area contributed by atoms with Crippen LogP contribution in [-0.2, 0) is 17.9 Å². The van der Waals surface area contributed by atoms with Crippen molar-refractivity contribution in [1.82, 2.24) is 19.8 Å². The van der Waals surface area contributed by atoms with Gasteiger partial charge in [0.15, 0.2) is 0 Å². The molecule has 0 aliphatic carbocycles. The van der Waals surface area contributed by atoms with Crippen LogP contribution in [0.1, 0.15) is 36.6 Å². The van der Waals surface area contributed by atoms with Gasteiger partial charge in [0, 0.05) is 45.5 Å². The molecule has 0 saturated carbocycles. The standard InChI is InChI=1S/C22H28N6O4/c1-3-28-19-18(14-32-22(28)31)12-23-20(25-19)24-15(2)17-6-4-16(5-7-17)13-26-8-10-27(11-9-26)21(29)30/h4-7,12,15H,3,8-11,13-14H2,1-2H3,(H,29,30)(H,23,24,25)/t15-/m0/s1. The van der Waals surface area contributed by atoms with Crippen LogP contribution in [-0.4, -0.2) is 69.8 Å². The third kappa shape index (κ3) is 4.75. The number of nitrogens with one attached hydrogen (secondary N) is 1. The Hall–Kier alpha value is -3.40. The molecule has 3 heterocycles. The molecule has 10 heteroatoms. The zero-order valence-electron chi connectivity index (χ0n) is 18.3. The van der Waals surface area contributed by atoms with Crippen LogP contribution in [0.25, 0.3) is 0 Å². The smallest absolute Gasteiger partial charge is 0.415 e. The fraction of sp³-hybridized carbons (Fsp3) is 0.455.